The van der Waals surface area contributed by atoms with Crippen molar-refractivity contribution in [3.63, 3.8) is 0 Å². The Labute approximate surface area is 149 Å². The van der Waals surface area contributed by atoms with Gasteiger partial charge in [-0.3, -0.25) is 4.90 Å². The minimum atomic E-state index is 0.263. The number of rotatable bonds is 7. The lowest BCUT2D eigenvalue weighted by molar-refractivity contribution is 0.314. The fourth-order valence-electron chi connectivity index (χ4n) is 2.20. The number of nitrogens with zero attached hydrogens (tertiary/aromatic N) is 1. The fraction of sp³-hybridized carbons (Fsp3) is 0.250. The molecule has 3 nitrogen and oxygen atoms in total. The summed E-state index contributed by atoms with van der Waals surface area (Å²) in [6.07, 6.45) is 0. The second-order valence-corrected chi connectivity index (χ2v) is 5.90. The van der Waals surface area contributed by atoms with Crippen LogP contribution in [-0.4, -0.2) is 29.6 Å². The van der Waals surface area contributed by atoms with Crippen LogP contribution in [0.5, 0.6) is 5.75 Å². The van der Waals surface area contributed by atoms with Gasteiger partial charge in [0, 0.05) is 12.1 Å². The van der Waals surface area contributed by atoms with Gasteiger partial charge >= 0.3 is 0 Å². The third kappa shape index (κ3) is 6.41. The molecular formula is C20H22N2OS. The first kappa shape index (κ1) is 18.0. The van der Waals surface area contributed by atoms with Crippen molar-refractivity contribution >= 4 is 17.2 Å². The zero-order chi connectivity index (χ0) is 17.2. The monoisotopic (exact) mass is 338 g/mol. The van der Waals surface area contributed by atoms with E-state index in [-0.39, 0.29) is 6.61 Å². The SMILES string of the molecule is CCN(CC#Cc1ccccc1)Cc1cccc(OCC(N)=S)c1. The van der Waals surface area contributed by atoms with Gasteiger partial charge in [-0.1, -0.05) is 61.3 Å². The van der Waals surface area contributed by atoms with Crippen LogP contribution in [0.3, 0.4) is 0 Å². The van der Waals surface area contributed by atoms with Gasteiger partial charge < -0.3 is 10.5 Å². The summed E-state index contributed by atoms with van der Waals surface area (Å²) in [6.45, 7) is 4.88. The number of nitrogens with two attached hydrogens (primary N) is 1. The Bertz CT molecular complexity index is 719. The molecule has 124 valence electrons. The molecule has 0 unspecified atom stereocenters. The molecule has 2 aromatic carbocycles. The molecule has 0 saturated carbocycles. The first-order chi connectivity index (χ1) is 11.7. The molecule has 0 aromatic heterocycles. The van der Waals surface area contributed by atoms with E-state index in [1.165, 1.54) is 5.56 Å². The molecule has 0 saturated heterocycles. The largest absolute Gasteiger partial charge is 0.486 e. The molecule has 0 aliphatic heterocycles. The molecule has 4 heteroatoms. The van der Waals surface area contributed by atoms with E-state index in [2.05, 4.69) is 29.7 Å². The summed E-state index contributed by atoms with van der Waals surface area (Å²) in [5, 5.41) is 0. The molecule has 0 amide bonds. The summed E-state index contributed by atoms with van der Waals surface area (Å²) in [5.41, 5.74) is 7.69. The van der Waals surface area contributed by atoms with Crippen molar-refractivity contribution in [3.05, 3.63) is 65.7 Å². The smallest absolute Gasteiger partial charge is 0.138 e. The van der Waals surface area contributed by atoms with E-state index in [1.54, 1.807) is 0 Å². The molecule has 0 aliphatic rings. The molecule has 0 aliphatic carbocycles. The van der Waals surface area contributed by atoms with Crippen LogP contribution in [0.25, 0.3) is 0 Å². The quantitative estimate of drug-likeness (QED) is 0.621. The number of benzene rings is 2. The van der Waals surface area contributed by atoms with Crippen LogP contribution < -0.4 is 10.5 Å². The lowest BCUT2D eigenvalue weighted by atomic mass is 10.2. The number of hydrogen-bond donors (Lipinski definition) is 1. The van der Waals surface area contributed by atoms with Gasteiger partial charge in [0.25, 0.3) is 0 Å². The molecular weight excluding hydrogens is 316 g/mol. The summed E-state index contributed by atoms with van der Waals surface area (Å²) < 4.78 is 5.55. The Balaban J connectivity index is 1.94. The van der Waals surface area contributed by atoms with Crippen LogP contribution in [0.15, 0.2) is 54.6 Å². The van der Waals surface area contributed by atoms with Crippen molar-refractivity contribution in [2.75, 3.05) is 19.7 Å². The molecule has 0 heterocycles. The van der Waals surface area contributed by atoms with Gasteiger partial charge in [-0.25, -0.2) is 0 Å². The Morgan fingerprint density at radius 3 is 2.67 bits per heavy atom. The molecule has 24 heavy (non-hydrogen) atoms. The van der Waals surface area contributed by atoms with Crippen LogP contribution in [0.2, 0.25) is 0 Å². The van der Waals surface area contributed by atoms with Gasteiger partial charge in [-0.15, -0.1) is 0 Å². The van der Waals surface area contributed by atoms with E-state index in [1.807, 2.05) is 48.5 Å². The van der Waals surface area contributed by atoms with E-state index in [0.29, 0.717) is 4.99 Å². The third-order valence-corrected chi connectivity index (χ3v) is 3.56. The minimum Gasteiger partial charge on any atom is -0.486 e. The van der Waals surface area contributed by atoms with E-state index < -0.39 is 0 Å². The second-order valence-electron chi connectivity index (χ2n) is 5.37. The van der Waals surface area contributed by atoms with E-state index in [9.17, 15) is 0 Å². The van der Waals surface area contributed by atoms with Gasteiger partial charge in [0.05, 0.1) is 6.54 Å². The average Bonchev–Trinajstić information content (AvgIpc) is 2.60. The summed E-state index contributed by atoms with van der Waals surface area (Å²) in [5.74, 6) is 7.22. The van der Waals surface area contributed by atoms with Crippen LogP contribution in [0, 0.1) is 11.8 Å². The highest BCUT2D eigenvalue weighted by molar-refractivity contribution is 7.80. The standard InChI is InChI=1S/C20H22N2OS/c1-2-22(13-7-11-17-8-4-3-5-9-17)15-18-10-6-12-19(14-18)23-16-20(21)24/h3-6,8-10,12,14H,2,13,15-16H2,1H3,(H2,21,24). The molecule has 2 N–H and O–H groups in total. The topological polar surface area (TPSA) is 38.5 Å². The molecule has 2 rings (SSSR count). The Morgan fingerprint density at radius 2 is 1.96 bits per heavy atom. The Morgan fingerprint density at radius 1 is 1.17 bits per heavy atom. The van der Waals surface area contributed by atoms with Crippen molar-refractivity contribution in [2.45, 2.75) is 13.5 Å². The normalized spacial score (nSPS) is 10.1. The molecule has 0 atom stereocenters. The van der Waals surface area contributed by atoms with E-state index in [0.717, 1.165) is 30.9 Å². The predicted octanol–water partition coefficient (Wildman–Crippen LogP) is 3.23. The van der Waals surface area contributed by atoms with Crippen LogP contribution in [0.4, 0.5) is 0 Å². The van der Waals surface area contributed by atoms with E-state index in [4.69, 9.17) is 22.7 Å². The minimum absolute atomic E-state index is 0.263. The third-order valence-electron chi connectivity index (χ3n) is 3.44. The predicted molar refractivity (Wildman–Crippen MR) is 103 cm³/mol. The molecule has 0 fully saturated rings. The van der Waals surface area contributed by atoms with Gasteiger partial charge in [0.15, 0.2) is 0 Å². The van der Waals surface area contributed by atoms with Crippen molar-refractivity contribution in [2.24, 2.45) is 5.73 Å². The summed E-state index contributed by atoms with van der Waals surface area (Å²) >= 11 is 4.83. The maximum absolute atomic E-state index is 5.55. The average molecular weight is 338 g/mol. The van der Waals surface area contributed by atoms with Gasteiger partial charge in [-0.2, -0.15) is 0 Å². The maximum Gasteiger partial charge on any atom is 0.138 e. The summed E-state index contributed by atoms with van der Waals surface area (Å²) in [4.78, 5) is 2.63. The Kier molecular flexibility index (Phi) is 7.28. The highest BCUT2D eigenvalue weighted by Crippen LogP contribution is 2.15. The van der Waals surface area contributed by atoms with E-state index >= 15 is 0 Å². The number of ether oxygens (including phenoxy) is 1. The Hall–Kier alpha value is -2.35. The highest BCUT2D eigenvalue weighted by Gasteiger charge is 2.04. The van der Waals surface area contributed by atoms with Crippen LogP contribution in [-0.2, 0) is 6.54 Å². The fourth-order valence-corrected chi connectivity index (χ4v) is 2.26. The summed E-state index contributed by atoms with van der Waals surface area (Å²) in [7, 11) is 0. The van der Waals surface area contributed by atoms with Gasteiger partial charge in [-0.05, 0) is 36.4 Å². The lowest BCUT2D eigenvalue weighted by Gasteiger charge is -2.18. The molecule has 0 bridgehead atoms. The summed E-state index contributed by atoms with van der Waals surface area (Å²) in [6, 6.07) is 18.0. The zero-order valence-corrected chi connectivity index (χ0v) is 14.7. The second kappa shape index (κ2) is 9.71. The highest BCUT2D eigenvalue weighted by atomic mass is 32.1. The van der Waals surface area contributed by atoms with Crippen LogP contribution in [0.1, 0.15) is 18.1 Å². The lowest BCUT2D eigenvalue weighted by Crippen LogP contribution is -2.23. The van der Waals surface area contributed by atoms with Crippen molar-refractivity contribution in [1.29, 1.82) is 0 Å². The van der Waals surface area contributed by atoms with Crippen LogP contribution >= 0.6 is 12.2 Å². The number of hydrogen-bond acceptors (Lipinski definition) is 3. The maximum atomic E-state index is 5.55. The van der Waals surface area contributed by atoms with Crippen molar-refractivity contribution in [3.8, 4) is 17.6 Å². The zero-order valence-electron chi connectivity index (χ0n) is 13.9. The first-order valence-corrected chi connectivity index (χ1v) is 8.34. The van der Waals surface area contributed by atoms with Crippen molar-refractivity contribution in [1.82, 2.24) is 4.90 Å². The number of thiocarbonyl (C=S) groups is 1. The van der Waals surface area contributed by atoms with Gasteiger partial charge in [0.1, 0.15) is 17.3 Å². The molecule has 2 aromatic rings. The molecule has 0 radical (unpaired) electrons. The first-order valence-electron chi connectivity index (χ1n) is 7.93. The molecule has 0 spiro atoms. The van der Waals surface area contributed by atoms with Gasteiger partial charge in [0.2, 0.25) is 0 Å². The van der Waals surface area contributed by atoms with Crippen molar-refractivity contribution < 1.29 is 4.74 Å².